The first kappa shape index (κ1) is 34.6. The molecule has 284 valence electrons. The number of anilines is 3. The number of hydrogen-bond donors (Lipinski definition) is 0. The standard InChI is InChI=1S/C58H41NO/c1-57(2)51-22-12-9-19-45(51)48-32-30-43(36-54(48)57)59(42-28-25-39(26-29-42)38-15-5-3-6-16-38)44-31-33-49-50-35-41(27-34-55(50)60-56(49)37-44)58(40-17-7-4-8-18-40)52-23-13-10-20-46(52)47-21-11-14-24-53(47)58/h3-37H,1-2H3. The van der Waals surface area contributed by atoms with Crippen molar-refractivity contribution >= 4 is 39.0 Å². The smallest absolute Gasteiger partial charge is 0.137 e. The second kappa shape index (κ2) is 13.0. The summed E-state index contributed by atoms with van der Waals surface area (Å²) in [7, 11) is 0. The SMILES string of the molecule is CC1(C)c2ccccc2-c2ccc(N(c3ccc(-c4ccccc4)cc3)c3ccc4c(c3)oc3ccc(C5(c6ccccc6)c6ccccc6-c6ccccc65)cc34)cc21. The number of rotatable bonds is 6. The van der Waals surface area contributed by atoms with Gasteiger partial charge < -0.3 is 9.32 Å². The average Bonchev–Trinajstić information content (AvgIpc) is 3.90. The Hall–Kier alpha value is -7.42. The molecule has 2 heteroatoms. The minimum Gasteiger partial charge on any atom is -0.456 e. The fourth-order valence-corrected chi connectivity index (χ4v) is 10.6. The lowest BCUT2D eigenvalue weighted by atomic mass is 9.67. The van der Waals surface area contributed by atoms with Crippen molar-refractivity contribution in [3.63, 3.8) is 0 Å². The largest absolute Gasteiger partial charge is 0.456 e. The van der Waals surface area contributed by atoms with Gasteiger partial charge in [0.15, 0.2) is 0 Å². The highest BCUT2D eigenvalue weighted by molar-refractivity contribution is 6.07. The lowest BCUT2D eigenvalue weighted by Gasteiger charge is -2.33. The van der Waals surface area contributed by atoms with Crippen molar-refractivity contribution in [3.8, 4) is 33.4 Å². The fourth-order valence-electron chi connectivity index (χ4n) is 10.6. The van der Waals surface area contributed by atoms with E-state index in [0.717, 1.165) is 39.0 Å². The molecule has 9 aromatic carbocycles. The van der Waals surface area contributed by atoms with Crippen molar-refractivity contribution in [1.82, 2.24) is 0 Å². The molecule has 0 amide bonds. The third-order valence-electron chi connectivity index (χ3n) is 13.4. The van der Waals surface area contributed by atoms with E-state index in [4.69, 9.17) is 4.42 Å². The zero-order valence-electron chi connectivity index (χ0n) is 33.6. The minimum absolute atomic E-state index is 0.122. The first-order valence-electron chi connectivity index (χ1n) is 20.9. The maximum atomic E-state index is 6.81. The molecular weight excluding hydrogens is 727 g/mol. The molecule has 0 unspecified atom stereocenters. The molecule has 1 heterocycles. The summed E-state index contributed by atoms with van der Waals surface area (Å²) >= 11 is 0. The quantitative estimate of drug-likeness (QED) is 0.168. The normalized spacial score (nSPS) is 14.1. The molecule has 1 aromatic heterocycles. The maximum absolute atomic E-state index is 6.81. The van der Waals surface area contributed by atoms with Crippen LogP contribution in [0.1, 0.15) is 47.2 Å². The third-order valence-corrected chi connectivity index (χ3v) is 13.4. The first-order valence-corrected chi connectivity index (χ1v) is 20.9. The van der Waals surface area contributed by atoms with E-state index in [9.17, 15) is 0 Å². The molecule has 60 heavy (non-hydrogen) atoms. The second-order valence-electron chi connectivity index (χ2n) is 16.8. The van der Waals surface area contributed by atoms with Crippen LogP contribution in [0.25, 0.3) is 55.3 Å². The summed E-state index contributed by atoms with van der Waals surface area (Å²) in [5.74, 6) is 0. The van der Waals surface area contributed by atoms with Gasteiger partial charge in [0, 0.05) is 39.3 Å². The number of hydrogen-bond acceptors (Lipinski definition) is 2. The number of furan rings is 1. The van der Waals surface area contributed by atoms with Gasteiger partial charge in [-0.1, -0.05) is 172 Å². The van der Waals surface area contributed by atoms with Crippen molar-refractivity contribution in [2.24, 2.45) is 0 Å². The predicted octanol–water partition coefficient (Wildman–Crippen LogP) is 15.4. The Bertz CT molecular complexity index is 3240. The summed E-state index contributed by atoms with van der Waals surface area (Å²) in [6.07, 6.45) is 0. The monoisotopic (exact) mass is 767 g/mol. The molecule has 2 aliphatic rings. The highest BCUT2D eigenvalue weighted by Crippen LogP contribution is 2.57. The summed E-state index contributed by atoms with van der Waals surface area (Å²) in [6, 6.07) is 77.8. The zero-order chi connectivity index (χ0) is 40.0. The number of nitrogens with zero attached hydrogens (tertiary/aromatic N) is 1. The molecule has 0 saturated carbocycles. The van der Waals surface area contributed by atoms with Crippen LogP contribution < -0.4 is 4.90 Å². The van der Waals surface area contributed by atoms with E-state index in [1.54, 1.807) is 0 Å². The first-order chi connectivity index (χ1) is 29.5. The molecule has 12 rings (SSSR count). The molecular formula is C58H41NO. The van der Waals surface area contributed by atoms with Gasteiger partial charge in [0.25, 0.3) is 0 Å². The van der Waals surface area contributed by atoms with Gasteiger partial charge in [0.2, 0.25) is 0 Å². The van der Waals surface area contributed by atoms with Crippen molar-refractivity contribution in [1.29, 1.82) is 0 Å². The Morgan fingerprint density at radius 3 is 1.58 bits per heavy atom. The van der Waals surface area contributed by atoms with Gasteiger partial charge in [-0.25, -0.2) is 0 Å². The van der Waals surface area contributed by atoms with E-state index in [1.807, 2.05) is 0 Å². The highest BCUT2D eigenvalue weighted by Gasteiger charge is 2.46. The molecule has 10 aromatic rings. The second-order valence-corrected chi connectivity index (χ2v) is 16.8. The molecule has 0 aliphatic heterocycles. The Morgan fingerprint density at radius 1 is 0.350 bits per heavy atom. The van der Waals surface area contributed by atoms with Crippen molar-refractivity contribution in [2.75, 3.05) is 4.90 Å². The van der Waals surface area contributed by atoms with Gasteiger partial charge in [-0.15, -0.1) is 0 Å². The van der Waals surface area contributed by atoms with Crippen molar-refractivity contribution < 1.29 is 4.42 Å². The van der Waals surface area contributed by atoms with Crippen LogP contribution in [0.15, 0.2) is 217 Å². The van der Waals surface area contributed by atoms with Crippen LogP contribution in [0.3, 0.4) is 0 Å². The molecule has 0 bridgehead atoms. The zero-order valence-corrected chi connectivity index (χ0v) is 33.6. The molecule has 0 spiro atoms. The lowest BCUT2D eigenvalue weighted by Crippen LogP contribution is -2.28. The average molecular weight is 768 g/mol. The summed E-state index contributed by atoms with van der Waals surface area (Å²) in [6.45, 7) is 4.69. The molecule has 0 N–H and O–H groups in total. The molecule has 0 saturated heterocycles. The number of benzene rings is 9. The van der Waals surface area contributed by atoms with E-state index in [1.165, 1.54) is 66.8 Å². The van der Waals surface area contributed by atoms with Crippen LogP contribution in [0, 0.1) is 0 Å². The van der Waals surface area contributed by atoms with Gasteiger partial charge in [-0.05, 0) is 115 Å². The van der Waals surface area contributed by atoms with Crippen molar-refractivity contribution in [2.45, 2.75) is 24.7 Å². The third kappa shape index (κ3) is 4.94. The van der Waals surface area contributed by atoms with Crippen LogP contribution in [0.2, 0.25) is 0 Å². The van der Waals surface area contributed by atoms with Gasteiger partial charge in [0.1, 0.15) is 11.2 Å². The van der Waals surface area contributed by atoms with Gasteiger partial charge in [-0.3, -0.25) is 0 Å². The Morgan fingerprint density at radius 2 is 0.883 bits per heavy atom. The summed E-state index contributed by atoms with van der Waals surface area (Å²) in [4.78, 5) is 2.38. The van der Waals surface area contributed by atoms with Gasteiger partial charge in [0.05, 0.1) is 5.41 Å². The van der Waals surface area contributed by atoms with Gasteiger partial charge >= 0.3 is 0 Å². The summed E-state index contributed by atoms with van der Waals surface area (Å²) in [5, 5.41) is 2.21. The molecule has 0 radical (unpaired) electrons. The molecule has 0 fully saturated rings. The topological polar surface area (TPSA) is 16.4 Å². The van der Waals surface area contributed by atoms with E-state index in [-0.39, 0.29) is 5.41 Å². The van der Waals surface area contributed by atoms with Crippen LogP contribution >= 0.6 is 0 Å². The minimum atomic E-state index is -0.476. The molecule has 2 aliphatic carbocycles. The Balaban J connectivity index is 1.03. The summed E-state index contributed by atoms with van der Waals surface area (Å²) < 4.78 is 6.81. The van der Waals surface area contributed by atoms with E-state index in [2.05, 4.69) is 231 Å². The lowest BCUT2D eigenvalue weighted by molar-refractivity contribution is 0.660. The molecule has 2 nitrogen and oxygen atoms in total. The Kier molecular flexibility index (Phi) is 7.52. The highest BCUT2D eigenvalue weighted by atomic mass is 16.3. The van der Waals surface area contributed by atoms with Gasteiger partial charge in [-0.2, -0.15) is 0 Å². The van der Waals surface area contributed by atoms with Crippen LogP contribution in [-0.4, -0.2) is 0 Å². The number of fused-ring (bicyclic) bond motifs is 9. The van der Waals surface area contributed by atoms with Crippen molar-refractivity contribution in [3.05, 3.63) is 246 Å². The van der Waals surface area contributed by atoms with Crippen LogP contribution in [0.5, 0.6) is 0 Å². The predicted molar refractivity (Wildman–Crippen MR) is 249 cm³/mol. The maximum Gasteiger partial charge on any atom is 0.137 e. The van der Waals surface area contributed by atoms with Crippen LogP contribution in [0.4, 0.5) is 17.1 Å². The summed E-state index contributed by atoms with van der Waals surface area (Å²) in [5.41, 5.74) is 19.8. The van der Waals surface area contributed by atoms with E-state index < -0.39 is 5.41 Å². The molecule has 0 atom stereocenters. The van der Waals surface area contributed by atoms with E-state index >= 15 is 0 Å². The van der Waals surface area contributed by atoms with Crippen LogP contribution in [-0.2, 0) is 10.8 Å². The van der Waals surface area contributed by atoms with E-state index in [0.29, 0.717) is 0 Å². The Labute approximate surface area is 350 Å². The fraction of sp³-hybridized carbons (Fsp3) is 0.0690.